The summed E-state index contributed by atoms with van der Waals surface area (Å²) in [5.74, 6) is 0.125. The lowest BCUT2D eigenvalue weighted by molar-refractivity contribution is -0.117. The van der Waals surface area contributed by atoms with Gasteiger partial charge in [0.15, 0.2) is 0 Å². The van der Waals surface area contributed by atoms with Crippen LogP contribution in [0.4, 0.5) is 5.69 Å². The Hall–Kier alpha value is -1.80. The maximum atomic E-state index is 11.9. The number of anilines is 1. The fraction of sp³-hybridized carbons (Fsp3) is 0.235. The van der Waals surface area contributed by atoms with Crippen molar-refractivity contribution in [2.24, 2.45) is 0 Å². The minimum atomic E-state index is -0.0621. The summed E-state index contributed by atoms with van der Waals surface area (Å²) in [5.41, 5.74) is 6.25. The normalized spacial score (nSPS) is 20.1. The second-order valence-electron chi connectivity index (χ2n) is 5.48. The number of halogens is 1. The molecule has 1 atom stereocenters. The molecule has 2 aromatic rings. The zero-order chi connectivity index (χ0) is 13.7. The monoisotopic (exact) mass is 283 g/mol. The zero-order valence-electron chi connectivity index (χ0n) is 11.0. The fourth-order valence-electron chi connectivity index (χ4n) is 3.21. The van der Waals surface area contributed by atoms with Crippen molar-refractivity contribution in [2.45, 2.75) is 18.2 Å². The van der Waals surface area contributed by atoms with Gasteiger partial charge >= 0.3 is 0 Å². The van der Waals surface area contributed by atoms with Gasteiger partial charge in [-0.15, -0.1) is 11.6 Å². The Balaban J connectivity index is 1.74. The molecule has 0 bridgehead atoms. The summed E-state index contributed by atoms with van der Waals surface area (Å²) < 4.78 is 0. The van der Waals surface area contributed by atoms with Crippen molar-refractivity contribution in [3.8, 4) is 11.1 Å². The van der Waals surface area contributed by atoms with Crippen LogP contribution >= 0.6 is 11.6 Å². The van der Waals surface area contributed by atoms with Crippen LogP contribution < -0.4 is 4.90 Å². The maximum Gasteiger partial charge on any atom is 0.228 e. The average molecular weight is 284 g/mol. The van der Waals surface area contributed by atoms with Crippen molar-refractivity contribution < 1.29 is 4.79 Å². The molecule has 0 aromatic heterocycles. The molecule has 1 heterocycles. The molecular formula is C17H14ClNO. The lowest BCUT2D eigenvalue weighted by Gasteiger charge is -2.17. The highest BCUT2D eigenvalue weighted by Gasteiger charge is 2.30. The van der Waals surface area contributed by atoms with Crippen LogP contribution in [0.1, 0.15) is 17.5 Å². The standard InChI is InChI=1S/C17H14ClNO/c18-13-9-17(20)19(10-13)14-5-6-16-12(8-14)7-11-3-1-2-4-15(11)16/h1-6,8,13H,7,9-10H2. The average Bonchev–Trinajstić information content (AvgIpc) is 2.97. The van der Waals surface area contributed by atoms with E-state index in [9.17, 15) is 4.79 Å². The van der Waals surface area contributed by atoms with Gasteiger partial charge in [0.2, 0.25) is 5.91 Å². The molecule has 1 amide bonds. The number of amides is 1. The molecule has 1 aliphatic carbocycles. The number of nitrogens with zero attached hydrogens (tertiary/aromatic N) is 1. The summed E-state index contributed by atoms with van der Waals surface area (Å²) in [6.45, 7) is 0.617. The quantitative estimate of drug-likeness (QED) is 0.625. The second-order valence-corrected chi connectivity index (χ2v) is 6.10. The summed E-state index contributed by atoms with van der Waals surface area (Å²) in [6.07, 6.45) is 1.39. The Kier molecular flexibility index (Phi) is 2.61. The van der Waals surface area contributed by atoms with E-state index in [-0.39, 0.29) is 11.3 Å². The first-order valence-electron chi connectivity index (χ1n) is 6.88. The number of carbonyl (C=O) groups is 1. The van der Waals surface area contributed by atoms with Crippen LogP contribution in [0, 0.1) is 0 Å². The van der Waals surface area contributed by atoms with Crippen molar-refractivity contribution in [3.05, 3.63) is 53.6 Å². The molecule has 2 nitrogen and oxygen atoms in total. The van der Waals surface area contributed by atoms with Gasteiger partial charge in [-0.1, -0.05) is 30.3 Å². The Morgan fingerprint density at radius 2 is 1.85 bits per heavy atom. The van der Waals surface area contributed by atoms with Crippen LogP contribution in [-0.2, 0) is 11.2 Å². The molecule has 2 aliphatic rings. The van der Waals surface area contributed by atoms with Gasteiger partial charge in [0.1, 0.15) is 0 Å². The molecule has 20 heavy (non-hydrogen) atoms. The van der Waals surface area contributed by atoms with Crippen LogP contribution in [0.15, 0.2) is 42.5 Å². The Morgan fingerprint density at radius 1 is 1.05 bits per heavy atom. The molecule has 3 heteroatoms. The minimum Gasteiger partial charge on any atom is -0.311 e. The molecule has 4 rings (SSSR count). The summed E-state index contributed by atoms with van der Waals surface area (Å²) in [4.78, 5) is 13.8. The third kappa shape index (κ3) is 1.75. The summed E-state index contributed by atoms with van der Waals surface area (Å²) >= 11 is 6.08. The molecule has 0 radical (unpaired) electrons. The van der Waals surface area contributed by atoms with Crippen LogP contribution in [-0.4, -0.2) is 17.8 Å². The molecule has 1 aliphatic heterocycles. The van der Waals surface area contributed by atoms with Crippen molar-refractivity contribution in [3.63, 3.8) is 0 Å². The van der Waals surface area contributed by atoms with Gasteiger partial charge in [-0.05, 0) is 40.8 Å². The number of rotatable bonds is 1. The van der Waals surface area contributed by atoms with Gasteiger partial charge in [-0.3, -0.25) is 4.79 Å². The van der Waals surface area contributed by atoms with Crippen LogP contribution in [0.5, 0.6) is 0 Å². The molecule has 0 spiro atoms. The van der Waals surface area contributed by atoms with E-state index in [2.05, 4.69) is 36.4 Å². The second kappa shape index (κ2) is 4.35. The summed E-state index contributed by atoms with van der Waals surface area (Å²) in [7, 11) is 0. The smallest absolute Gasteiger partial charge is 0.228 e. The third-order valence-corrected chi connectivity index (χ3v) is 4.46. The first kappa shape index (κ1) is 12.0. The van der Waals surface area contributed by atoms with Gasteiger partial charge in [-0.2, -0.15) is 0 Å². The first-order chi connectivity index (χ1) is 9.72. The molecule has 1 fully saturated rings. The van der Waals surface area contributed by atoms with Crippen LogP contribution in [0.3, 0.4) is 0 Å². The molecule has 100 valence electrons. The Bertz CT molecular complexity index is 710. The number of benzene rings is 2. The molecule has 1 unspecified atom stereocenters. The zero-order valence-corrected chi connectivity index (χ0v) is 11.7. The van der Waals surface area contributed by atoms with Crippen molar-refractivity contribution >= 4 is 23.2 Å². The summed E-state index contributed by atoms with van der Waals surface area (Å²) in [6, 6.07) is 14.8. The van der Waals surface area contributed by atoms with E-state index in [0.717, 1.165) is 12.1 Å². The number of hydrogen-bond donors (Lipinski definition) is 0. The van der Waals surface area contributed by atoms with Crippen molar-refractivity contribution in [1.29, 1.82) is 0 Å². The highest BCUT2D eigenvalue weighted by Crippen LogP contribution is 2.38. The third-order valence-electron chi connectivity index (χ3n) is 4.17. The predicted molar refractivity (Wildman–Crippen MR) is 81.3 cm³/mol. The minimum absolute atomic E-state index is 0.0621. The lowest BCUT2D eigenvalue weighted by Crippen LogP contribution is -2.24. The Morgan fingerprint density at radius 3 is 2.65 bits per heavy atom. The van der Waals surface area contributed by atoms with Gasteiger partial charge in [0, 0.05) is 18.7 Å². The number of hydrogen-bond acceptors (Lipinski definition) is 1. The first-order valence-corrected chi connectivity index (χ1v) is 7.31. The maximum absolute atomic E-state index is 11.9. The SMILES string of the molecule is O=C1CC(Cl)CN1c1ccc2c(c1)Cc1ccccc1-2. The van der Waals surface area contributed by atoms with Crippen molar-refractivity contribution in [1.82, 2.24) is 0 Å². The largest absolute Gasteiger partial charge is 0.311 e. The molecule has 0 N–H and O–H groups in total. The number of fused-ring (bicyclic) bond motifs is 3. The van der Waals surface area contributed by atoms with E-state index in [1.807, 2.05) is 6.07 Å². The summed E-state index contributed by atoms with van der Waals surface area (Å²) in [5, 5.41) is -0.0621. The van der Waals surface area contributed by atoms with E-state index in [1.54, 1.807) is 4.90 Å². The Labute approximate surface area is 123 Å². The van der Waals surface area contributed by atoms with E-state index >= 15 is 0 Å². The van der Waals surface area contributed by atoms with Gasteiger partial charge < -0.3 is 4.90 Å². The van der Waals surface area contributed by atoms with Gasteiger partial charge in [-0.25, -0.2) is 0 Å². The van der Waals surface area contributed by atoms with Crippen molar-refractivity contribution in [2.75, 3.05) is 11.4 Å². The van der Waals surface area contributed by atoms with E-state index in [4.69, 9.17) is 11.6 Å². The van der Waals surface area contributed by atoms with Crippen LogP contribution in [0.2, 0.25) is 0 Å². The highest BCUT2D eigenvalue weighted by molar-refractivity contribution is 6.24. The predicted octanol–water partition coefficient (Wildman–Crippen LogP) is 3.60. The molecular weight excluding hydrogens is 270 g/mol. The molecule has 1 saturated heterocycles. The van der Waals surface area contributed by atoms with Gasteiger partial charge in [0.25, 0.3) is 0 Å². The van der Waals surface area contributed by atoms with Crippen LogP contribution in [0.25, 0.3) is 11.1 Å². The van der Waals surface area contributed by atoms with E-state index < -0.39 is 0 Å². The number of alkyl halides is 1. The number of carbonyl (C=O) groups excluding carboxylic acids is 1. The topological polar surface area (TPSA) is 20.3 Å². The molecule has 2 aromatic carbocycles. The van der Waals surface area contributed by atoms with Gasteiger partial charge in [0.05, 0.1) is 5.38 Å². The lowest BCUT2D eigenvalue weighted by atomic mass is 10.1. The fourth-order valence-corrected chi connectivity index (χ4v) is 3.48. The highest BCUT2D eigenvalue weighted by atomic mass is 35.5. The van der Waals surface area contributed by atoms with E-state index in [1.165, 1.54) is 22.3 Å². The van der Waals surface area contributed by atoms with E-state index in [0.29, 0.717) is 13.0 Å². The molecule has 0 saturated carbocycles.